The SMILES string of the molecule is C=CCN(CCCC)C(=O)[C@H]1N([C@@H](CO)[C@@H](C)CC)C(=O)[C@@H]2[C@@H](C(=O)O)[C@H]3CC[C@]21O3. The van der Waals surface area contributed by atoms with Crippen LogP contribution in [0.4, 0.5) is 0 Å². The number of carboxylic acid groups (broad SMARTS) is 1. The number of aliphatic hydroxyl groups is 1. The highest BCUT2D eigenvalue weighted by Gasteiger charge is 2.75. The summed E-state index contributed by atoms with van der Waals surface area (Å²) in [4.78, 5) is 42.8. The van der Waals surface area contributed by atoms with Gasteiger partial charge < -0.3 is 24.7 Å². The van der Waals surface area contributed by atoms with E-state index in [2.05, 4.69) is 6.58 Å². The van der Waals surface area contributed by atoms with E-state index in [0.29, 0.717) is 32.4 Å². The van der Waals surface area contributed by atoms with Crippen LogP contribution >= 0.6 is 0 Å². The molecule has 3 aliphatic rings. The van der Waals surface area contributed by atoms with E-state index in [1.165, 1.54) is 4.90 Å². The monoisotopic (exact) mass is 436 g/mol. The standard InChI is InChI=1S/C23H36N2O6/c1-5-8-12-24(11-6-2)21(28)19-23-10-9-16(31-23)17(22(29)30)18(23)20(27)25(19)15(13-26)14(4)7-3/h6,14-19,26H,2,5,7-13H2,1,3-4H3,(H,29,30)/t14-,15-,16+,17-,18-,19+,23-/m0/s1. The number of fused-ring (bicyclic) bond motifs is 1. The summed E-state index contributed by atoms with van der Waals surface area (Å²) in [5.41, 5.74) is -1.14. The van der Waals surface area contributed by atoms with E-state index < -0.39 is 41.6 Å². The molecule has 8 heteroatoms. The molecule has 0 aromatic rings. The van der Waals surface area contributed by atoms with Crippen LogP contribution in [0.5, 0.6) is 0 Å². The van der Waals surface area contributed by atoms with Crippen LogP contribution in [0.15, 0.2) is 12.7 Å². The second-order valence-corrected chi connectivity index (χ2v) is 9.20. The number of likely N-dealkylation sites (tertiary alicyclic amines) is 1. The number of unbranched alkanes of at least 4 members (excludes halogenated alkanes) is 1. The number of aliphatic carboxylic acids is 1. The average Bonchev–Trinajstić information content (AvgIpc) is 3.39. The summed E-state index contributed by atoms with van der Waals surface area (Å²) in [7, 11) is 0. The maximum absolute atomic E-state index is 13.9. The van der Waals surface area contributed by atoms with Crippen LogP contribution < -0.4 is 0 Å². The number of carbonyl (C=O) groups is 3. The molecule has 3 saturated heterocycles. The topological polar surface area (TPSA) is 107 Å². The van der Waals surface area contributed by atoms with Crippen LogP contribution in [0.2, 0.25) is 0 Å². The van der Waals surface area contributed by atoms with Crippen molar-refractivity contribution >= 4 is 17.8 Å². The van der Waals surface area contributed by atoms with Gasteiger partial charge in [-0.05, 0) is 25.2 Å². The highest BCUT2D eigenvalue weighted by Crippen LogP contribution is 2.59. The largest absolute Gasteiger partial charge is 0.481 e. The van der Waals surface area contributed by atoms with Crippen LogP contribution in [0, 0.1) is 17.8 Å². The van der Waals surface area contributed by atoms with E-state index in [-0.39, 0.29) is 24.3 Å². The zero-order valence-corrected chi connectivity index (χ0v) is 18.8. The van der Waals surface area contributed by atoms with Crippen LogP contribution in [0.25, 0.3) is 0 Å². The molecule has 3 aliphatic heterocycles. The molecule has 0 aliphatic carbocycles. The van der Waals surface area contributed by atoms with Gasteiger partial charge in [0.25, 0.3) is 0 Å². The average molecular weight is 437 g/mol. The summed E-state index contributed by atoms with van der Waals surface area (Å²) in [6.07, 6.45) is 4.53. The Balaban J connectivity index is 2.08. The Kier molecular flexibility index (Phi) is 7.11. The Hall–Kier alpha value is -1.93. The molecule has 2 amide bonds. The Morgan fingerprint density at radius 2 is 2.13 bits per heavy atom. The third kappa shape index (κ3) is 3.67. The van der Waals surface area contributed by atoms with E-state index in [1.54, 1.807) is 11.0 Å². The van der Waals surface area contributed by atoms with E-state index in [9.17, 15) is 24.6 Å². The lowest BCUT2D eigenvalue weighted by molar-refractivity contribution is -0.154. The number of amides is 2. The van der Waals surface area contributed by atoms with Gasteiger partial charge in [0.2, 0.25) is 11.8 Å². The van der Waals surface area contributed by atoms with Crippen LogP contribution in [0.1, 0.15) is 52.9 Å². The predicted molar refractivity (Wildman–Crippen MR) is 114 cm³/mol. The smallest absolute Gasteiger partial charge is 0.310 e. The van der Waals surface area contributed by atoms with E-state index in [4.69, 9.17) is 4.74 Å². The second kappa shape index (κ2) is 9.28. The summed E-state index contributed by atoms with van der Waals surface area (Å²) < 4.78 is 6.23. The van der Waals surface area contributed by atoms with Gasteiger partial charge in [0.15, 0.2) is 0 Å². The predicted octanol–water partition coefficient (Wildman–Crippen LogP) is 1.67. The third-order valence-corrected chi connectivity index (χ3v) is 7.55. The molecule has 7 atom stereocenters. The van der Waals surface area contributed by atoms with Crippen LogP contribution in [-0.4, -0.2) is 81.3 Å². The zero-order valence-electron chi connectivity index (χ0n) is 18.8. The number of hydrogen-bond acceptors (Lipinski definition) is 5. The van der Waals surface area contributed by atoms with Gasteiger partial charge in [0.1, 0.15) is 11.6 Å². The lowest BCUT2D eigenvalue weighted by Crippen LogP contribution is -2.59. The summed E-state index contributed by atoms with van der Waals surface area (Å²) in [5.74, 6) is -3.58. The first-order chi connectivity index (χ1) is 14.8. The Morgan fingerprint density at radius 3 is 2.68 bits per heavy atom. The lowest BCUT2D eigenvalue weighted by atomic mass is 9.70. The molecule has 2 bridgehead atoms. The normalized spacial score (nSPS) is 33.3. The molecule has 3 heterocycles. The minimum Gasteiger partial charge on any atom is -0.481 e. The summed E-state index contributed by atoms with van der Waals surface area (Å²) >= 11 is 0. The van der Waals surface area contributed by atoms with Gasteiger partial charge in [-0.2, -0.15) is 0 Å². The van der Waals surface area contributed by atoms with Gasteiger partial charge in [-0.1, -0.05) is 39.7 Å². The van der Waals surface area contributed by atoms with Crippen LogP contribution in [-0.2, 0) is 19.1 Å². The molecule has 3 fully saturated rings. The van der Waals surface area contributed by atoms with Gasteiger partial charge in [-0.3, -0.25) is 14.4 Å². The first kappa shape index (κ1) is 23.7. The molecule has 31 heavy (non-hydrogen) atoms. The number of carboxylic acids is 1. The molecular formula is C23H36N2O6. The third-order valence-electron chi connectivity index (χ3n) is 7.55. The summed E-state index contributed by atoms with van der Waals surface area (Å²) in [6, 6.07) is -1.50. The fourth-order valence-corrected chi connectivity index (χ4v) is 5.79. The van der Waals surface area contributed by atoms with Crippen LogP contribution in [0.3, 0.4) is 0 Å². The number of nitrogens with zero attached hydrogens (tertiary/aromatic N) is 2. The molecule has 174 valence electrons. The van der Waals surface area contributed by atoms with Crippen molar-refractivity contribution < 1.29 is 29.3 Å². The van der Waals surface area contributed by atoms with Gasteiger partial charge in [0, 0.05) is 13.1 Å². The fourth-order valence-electron chi connectivity index (χ4n) is 5.79. The van der Waals surface area contributed by atoms with Crippen molar-refractivity contribution in [3.63, 3.8) is 0 Å². The van der Waals surface area contributed by atoms with Crippen molar-refractivity contribution in [3.05, 3.63) is 12.7 Å². The first-order valence-electron chi connectivity index (χ1n) is 11.5. The number of hydrogen-bond donors (Lipinski definition) is 2. The molecule has 0 unspecified atom stereocenters. The summed E-state index contributed by atoms with van der Waals surface area (Å²) in [5, 5.41) is 20.1. The maximum Gasteiger partial charge on any atom is 0.310 e. The second-order valence-electron chi connectivity index (χ2n) is 9.20. The zero-order chi connectivity index (χ0) is 22.9. The highest BCUT2D eigenvalue weighted by atomic mass is 16.5. The van der Waals surface area contributed by atoms with Crippen molar-refractivity contribution in [3.8, 4) is 0 Å². The lowest BCUT2D eigenvalue weighted by Gasteiger charge is -2.41. The van der Waals surface area contributed by atoms with Crippen molar-refractivity contribution in [1.29, 1.82) is 0 Å². The Morgan fingerprint density at radius 1 is 1.42 bits per heavy atom. The van der Waals surface area contributed by atoms with Gasteiger partial charge in [-0.15, -0.1) is 6.58 Å². The number of ether oxygens (including phenoxy) is 1. The first-order valence-corrected chi connectivity index (χ1v) is 11.5. The number of carbonyl (C=O) groups excluding carboxylic acids is 2. The fraction of sp³-hybridized carbons (Fsp3) is 0.783. The van der Waals surface area contributed by atoms with Crippen molar-refractivity contribution in [2.24, 2.45) is 17.8 Å². The molecule has 0 radical (unpaired) electrons. The van der Waals surface area contributed by atoms with E-state index in [0.717, 1.165) is 12.8 Å². The van der Waals surface area contributed by atoms with E-state index in [1.807, 2.05) is 20.8 Å². The minimum absolute atomic E-state index is 0.0524. The quantitative estimate of drug-likeness (QED) is 0.477. The number of aliphatic hydroxyl groups excluding tert-OH is 1. The van der Waals surface area contributed by atoms with Gasteiger partial charge in [-0.25, -0.2) is 0 Å². The van der Waals surface area contributed by atoms with Crippen molar-refractivity contribution in [2.75, 3.05) is 19.7 Å². The molecule has 1 spiro atoms. The van der Waals surface area contributed by atoms with E-state index >= 15 is 0 Å². The van der Waals surface area contributed by atoms with Crippen molar-refractivity contribution in [2.45, 2.75) is 76.7 Å². The molecular weight excluding hydrogens is 400 g/mol. The maximum atomic E-state index is 13.9. The Bertz CT molecular complexity index is 727. The highest BCUT2D eigenvalue weighted by molar-refractivity contribution is 5.98. The Labute approximate surface area is 184 Å². The van der Waals surface area contributed by atoms with Gasteiger partial charge in [0.05, 0.1) is 30.6 Å². The summed E-state index contributed by atoms with van der Waals surface area (Å²) in [6.45, 7) is 10.3. The molecule has 0 saturated carbocycles. The molecule has 8 nitrogen and oxygen atoms in total. The molecule has 3 rings (SSSR count). The number of rotatable bonds is 11. The molecule has 0 aromatic carbocycles. The van der Waals surface area contributed by atoms with Gasteiger partial charge >= 0.3 is 5.97 Å². The molecule has 0 aromatic heterocycles. The van der Waals surface area contributed by atoms with Crippen molar-refractivity contribution in [1.82, 2.24) is 9.80 Å². The minimum atomic E-state index is -1.14. The molecule has 2 N–H and O–H groups in total.